The molecule has 25 heavy (non-hydrogen) atoms. The molecule has 2 N–H and O–H groups in total. The van der Waals surface area contributed by atoms with E-state index in [-0.39, 0.29) is 6.04 Å². The van der Waals surface area contributed by atoms with Crippen LogP contribution in [0.2, 0.25) is 0 Å². The molecule has 1 aromatic rings. The lowest BCUT2D eigenvalue weighted by Crippen LogP contribution is -2.44. The fourth-order valence-corrected chi connectivity index (χ4v) is 3.21. The molecule has 1 saturated carbocycles. The molecule has 1 fully saturated rings. The molecule has 0 unspecified atom stereocenters. The van der Waals surface area contributed by atoms with E-state index in [1.807, 2.05) is 14.1 Å². The van der Waals surface area contributed by atoms with Crippen LogP contribution in [0.25, 0.3) is 0 Å². The first-order chi connectivity index (χ1) is 12.1. The fourth-order valence-electron chi connectivity index (χ4n) is 3.21. The summed E-state index contributed by atoms with van der Waals surface area (Å²) >= 11 is 0. The van der Waals surface area contributed by atoms with Gasteiger partial charge < -0.3 is 15.5 Å². The molecule has 5 heteroatoms. The summed E-state index contributed by atoms with van der Waals surface area (Å²) in [5.41, 5.74) is 2.41. The van der Waals surface area contributed by atoms with Crippen molar-refractivity contribution in [3.63, 3.8) is 0 Å². The molecule has 2 amide bonds. The van der Waals surface area contributed by atoms with Gasteiger partial charge in [0.05, 0.1) is 0 Å². The summed E-state index contributed by atoms with van der Waals surface area (Å²) in [6, 6.07) is 8.56. The zero-order valence-electron chi connectivity index (χ0n) is 15.5. The van der Waals surface area contributed by atoms with E-state index in [9.17, 15) is 9.59 Å². The standard InChI is InChI=1S/C20H31N3O2/c1-23(2)18-13-11-16(12-14-18)8-7-15-21-19(24)20(25)22-17-9-5-3-4-6-10-17/h11-14,17H,3-10,15H2,1-2H3,(H,21,24)(H,22,25). The predicted octanol–water partition coefficient (Wildman–Crippen LogP) is 2.64. The van der Waals surface area contributed by atoms with Gasteiger partial charge in [-0.25, -0.2) is 0 Å². The number of benzene rings is 1. The Labute approximate surface area is 151 Å². The first-order valence-corrected chi connectivity index (χ1v) is 9.41. The van der Waals surface area contributed by atoms with Crippen molar-refractivity contribution in [1.82, 2.24) is 10.6 Å². The second-order valence-electron chi connectivity index (χ2n) is 7.08. The first-order valence-electron chi connectivity index (χ1n) is 9.41. The van der Waals surface area contributed by atoms with Gasteiger partial charge >= 0.3 is 11.8 Å². The van der Waals surface area contributed by atoms with Gasteiger partial charge in [-0.05, 0) is 43.4 Å². The SMILES string of the molecule is CN(C)c1ccc(CCCNC(=O)C(=O)NC2CCCCCC2)cc1. The maximum absolute atomic E-state index is 12.0. The first kappa shape index (κ1) is 19.3. The van der Waals surface area contributed by atoms with Gasteiger partial charge in [-0.2, -0.15) is 0 Å². The van der Waals surface area contributed by atoms with Gasteiger partial charge in [0.25, 0.3) is 0 Å². The lowest BCUT2D eigenvalue weighted by atomic mass is 10.1. The average Bonchev–Trinajstić information content (AvgIpc) is 2.87. The van der Waals surface area contributed by atoms with E-state index in [0.29, 0.717) is 6.54 Å². The van der Waals surface area contributed by atoms with E-state index in [4.69, 9.17) is 0 Å². The molecule has 0 radical (unpaired) electrons. The number of nitrogens with zero attached hydrogens (tertiary/aromatic N) is 1. The Morgan fingerprint density at radius 2 is 1.64 bits per heavy atom. The molecule has 138 valence electrons. The van der Waals surface area contributed by atoms with E-state index in [1.54, 1.807) is 0 Å². The minimum atomic E-state index is -0.507. The second kappa shape index (κ2) is 10.1. The van der Waals surface area contributed by atoms with Crippen LogP contribution in [0.4, 0.5) is 5.69 Å². The molecule has 0 aliphatic heterocycles. The predicted molar refractivity (Wildman–Crippen MR) is 102 cm³/mol. The lowest BCUT2D eigenvalue weighted by molar-refractivity contribution is -0.139. The zero-order chi connectivity index (χ0) is 18.1. The summed E-state index contributed by atoms with van der Waals surface area (Å²) in [5, 5.41) is 5.61. The van der Waals surface area contributed by atoms with Crippen LogP contribution in [0.15, 0.2) is 24.3 Å². The maximum Gasteiger partial charge on any atom is 0.309 e. The topological polar surface area (TPSA) is 61.4 Å². The maximum atomic E-state index is 12.0. The lowest BCUT2D eigenvalue weighted by Gasteiger charge is -2.15. The minimum Gasteiger partial charge on any atom is -0.378 e. The van der Waals surface area contributed by atoms with Crippen LogP contribution in [0, 0.1) is 0 Å². The Morgan fingerprint density at radius 1 is 1.00 bits per heavy atom. The Bertz CT molecular complexity index is 547. The molecule has 1 aromatic carbocycles. The van der Waals surface area contributed by atoms with Gasteiger partial charge in [-0.15, -0.1) is 0 Å². The zero-order valence-corrected chi connectivity index (χ0v) is 15.5. The minimum absolute atomic E-state index is 0.163. The van der Waals surface area contributed by atoms with Gasteiger partial charge in [0.1, 0.15) is 0 Å². The third kappa shape index (κ3) is 6.77. The van der Waals surface area contributed by atoms with E-state index >= 15 is 0 Å². The van der Waals surface area contributed by atoms with E-state index in [0.717, 1.165) is 38.5 Å². The summed E-state index contributed by atoms with van der Waals surface area (Å²) in [4.78, 5) is 25.9. The van der Waals surface area contributed by atoms with Crippen molar-refractivity contribution in [2.24, 2.45) is 0 Å². The Hall–Kier alpha value is -2.04. The highest BCUT2D eigenvalue weighted by Crippen LogP contribution is 2.17. The van der Waals surface area contributed by atoms with Gasteiger partial charge in [0.2, 0.25) is 0 Å². The molecule has 0 bridgehead atoms. The molecule has 0 saturated heterocycles. The van der Waals surface area contributed by atoms with Crippen LogP contribution in [-0.2, 0) is 16.0 Å². The van der Waals surface area contributed by atoms with Crippen molar-refractivity contribution < 1.29 is 9.59 Å². The normalized spacial score (nSPS) is 15.3. The molecule has 0 atom stereocenters. The van der Waals surface area contributed by atoms with Gasteiger partial charge in [-0.3, -0.25) is 9.59 Å². The van der Waals surface area contributed by atoms with Gasteiger partial charge in [-0.1, -0.05) is 37.8 Å². The van der Waals surface area contributed by atoms with Crippen LogP contribution >= 0.6 is 0 Å². The van der Waals surface area contributed by atoms with Crippen molar-refractivity contribution in [2.45, 2.75) is 57.4 Å². The molecular formula is C20H31N3O2. The molecule has 0 spiro atoms. The van der Waals surface area contributed by atoms with E-state index in [1.165, 1.54) is 24.1 Å². The van der Waals surface area contributed by atoms with Crippen LogP contribution in [-0.4, -0.2) is 38.5 Å². The summed E-state index contributed by atoms with van der Waals surface area (Å²) in [6.45, 7) is 0.520. The molecule has 5 nitrogen and oxygen atoms in total. The van der Waals surface area contributed by atoms with Crippen molar-refractivity contribution >= 4 is 17.5 Å². The number of aryl methyl sites for hydroxylation is 1. The van der Waals surface area contributed by atoms with Crippen molar-refractivity contribution in [1.29, 1.82) is 0 Å². The molecular weight excluding hydrogens is 314 g/mol. The average molecular weight is 345 g/mol. The highest BCUT2D eigenvalue weighted by molar-refractivity contribution is 6.35. The summed E-state index contributed by atoms with van der Waals surface area (Å²) in [5.74, 6) is -0.991. The van der Waals surface area contributed by atoms with Gasteiger partial charge in [0.15, 0.2) is 0 Å². The third-order valence-electron chi connectivity index (χ3n) is 4.78. The number of carbonyl (C=O) groups excluding carboxylic acids is 2. The molecule has 1 aliphatic carbocycles. The van der Waals surface area contributed by atoms with Crippen LogP contribution in [0.5, 0.6) is 0 Å². The van der Waals surface area contributed by atoms with E-state index < -0.39 is 11.8 Å². The highest BCUT2D eigenvalue weighted by Gasteiger charge is 2.19. The Morgan fingerprint density at radius 3 is 2.24 bits per heavy atom. The number of rotatable bonds is 6. The van der Waals surface area contributed by atoms with E-state index in [2.05, 4.69) is 39.8 Å². The van der Waals surface area contributed by atoms with Crippen LogP contribution < -0.4 is 15.5 Å². The molecule has 0 heterocycles. The number of hydrogen-bond acceptors (Lipinski definition) is 3. The summed E-state index contributed by atoms with van der Waals surface area (Å²) in [6.07, 6.45) is 8.42. The largest absolute Gasteiger partial charge is 0.378 e. The number of amides is 2. The number of hydrogen-bond donors (Lipinski definition) is 2. The highest BCUT2D eigenvalue weighted by atomic mass is 16.2. The Balaban J connectivity index is 1.64. The second-order valence-corrected chi connectivity index (χ2v) is 7.08. The molecule has 0 aromatic heterocycles. The van der Waals surface area contributed by atoms with Gasteiger partial charge in [0, 0.05) is 32.4 Å². The van der Waals surface area contributed by atoms with Crippen molar-refractivity contribution in [3.8, 4) is 0 Å². The quantitative estimate of drug-likeness (QED) is 0.473. The Kier molecular flexibility index (Phi) is 7.76. The van der Waals surface area contributed by atoms with Crippen molar-refractivity contribution in [2.75, 3.05) is 25.5 Å². The monoisotopic (exact) mass is 345 g/mol. The summed E-state index contributed by atoms with van der Waals surface area (Å²) in [7, 11) is 4.04. The smallest absolute Gasteiger partial charge is 0.309 e. The third-order valence-corrected chi connectivity index (χ3v) is 4.78. The molecule has 2 rings (SSSR count). The van der Waals surface area contributed by atoms with Crippen molar-refractivity contribution in [3.05, 3.63) is 29.8 Å². The van der Waals surface area contributed by atoms with Crippen LogP contribution in [0.1, 0.15) is 50.5 Å². The van der Waals surface area contributed by atoms with Crippen LogP contribution in [0.3, 0.4) is 0 Å². The number of anilines is 1. The number of nitrogens with one attached hydrogen (secondary N) is 2. The molecule has 1 aliphatic rings. The number of carbonyl (C=O) groups is 2. The summed E-state index contributed by atoms with van der Waals surface area (Å²) < 4.78 is 0. The fraction of sp³-hybridized carbons (Fsp3) is 0.600.